The van der Waals surface area contributed by atoms with Gasteiger partial charge in [0.1, 0.15) is 0 Å². The molecule has 0 bridgehead atoms. The number of hydrogen-bond donors (Lipinski definition) is 1. The zero-order valence-electron chi connectivity index (χ0n) is 11.4. The summed E-state index contributed by atoms with van der Waals surface area (Å²) in [6, 6.07) is 5.98. The van der Waals surface area contributed by atoms with Crippen LogP contribution in [0.2, 0.25) is 0 Å². The number of carbonyl (C=O) groups excluding carboxylic acids is 1. The molecule has 0 heterocycles. The molecule has 1 aliphatic rings. The second-order valence-electron chi connectivity index (χ2n) is 5.06. The van der Waals surface area contributed by atoms with E-state index in [9.17, 15) is 19.7 Å². The number of nitro groups is 1. The van der Waals surface area contributed by atoms with Crippen LogP contribution in [0.5, 0.6) is 0 Å². The molecule has 21 heavy (non-hydrogen) atoms. The third-order valence-electron chi connectivity index (χ3n) is 3.38. The molecule has 0 spiro atoms. The fourth-order valence-electron chi connectivity index (χ4n) is 2.12. The van der Waals surface area contributed by atoms with Gasteiger partial charge in [-0.15, -0.1) is 0 Å². The Balaban J connectivity index is 1.97. The Morgan fingerprint density at radius 1 is 1.29 bits per heavy atom. The Labute approximate surface area is 121 Å². The minimum absolute atomic E-state index is 0.0175. The monoisotopic (exact) mass is 292 g/mol. The summed E-state index contributed by atoms with van der Waals surface area (Å²) in [5.41, 5.74) is 0.669. The molecule has 0 radical (unpaired) electrons. The summed E-state index contributed by atoms with van der Waals surface area (Å²) in [4.78, 5) is 34.5. The van der Waals surface area contributed by atoms with Crippen LogP contribution in [-0.2, 0) is 16.0 Å². The lowest BCUT2D eigenvalue weighted by Gasteiger charge is -2.21. The lowest BCUT2D eigenvalue weighted by molar-refractivity contribution is -0.384. The fourth-order valence-corrected chi connectivity index (χ4v) is 2.12. The maximum absolute atomic E-state index is 12.2. The molecule has 7 nitrogen and oxygen atoms in total. The van der Waals surface area contributed by atoms with Gasteiger partial charge in [0, 0.05) is 24.7 Å². The molecule has 0 saturated heterocycles. The van der Waals surface area contributed by atoms with E-state index in [0.29, 0.717) is 5.56 Å². The Bertz CT molecular complexity index is 551. The highest BCUT2D eigenvalue weighted by Crippen LogP contribution is 2.27. The predicted molar refractivity (Wildman–Crippen MR) is 73.8 cm³/mol. The van der Waals surface area contributed by atoms with Gasteiger partial charge in [-0.3, -0.25) is 19.7 Å². The summed E-state index contributed by atoms with van der Waals surface area (Å²) in [5.74, 6) is -1.06. The van der Waals surface area contributed by atoms with Gasteiger partial charge >= 0.3 is 5.97 Å². The van der Waals surface area contributed by atoms with Gasteiger partial charge in [0.2, 0.25) is 5.91 Å². The van der Waals surface area contributed by atoms with Crippen LogP contribution >= 0.6 is 0 Å². The van der Waals surface area contributed by atoms with E-state index >= 15 is 0 Å². The van der Waals surface area contributed by atoms with E-state index in [1.807, 2.05) is 0 Å². The lowest BCUT2D eigenvalue weighted by Crippen LogP contribution is -2.36. The summed E-state index contributed by atoms with van der Waals surface area (Å²) >= 11 is 0. The number of carboxylic acid groups (broad SMARTS) is 1. The van der Waals surface area contributed by atoms with Crippen LogP contribution in [0.3, 0.4) is 0 Å². The normalized spacial score (nSPS) is 13.7. The molecule has 1 saturated carbocycles. The van der Waals surface area contributed by atoms with Gasteiger partial charge < -0.3 is 10.0 Å². The molecule has 1 N–H and O–H groups in total. The quantitative estimate of drug-likeness (QED) is 0.607. The SMILES string of the molecule is O=C(O)CCN(C(=O)Cc1ccc([N+](=O)[O-])cc1)C1CC1. The van der Waals surface area contributed by atoms with Crippen LogP contribution in [0, 0.1) is 10.1 Å². The van der Waals surface area contributed by atoms with E-state index in [1.54, 1.807) is 17.0 Å². The number of amides is 1. The van der Waals surface area contributed by atoms with Crippen molar-refractivity contribution in [3.05, 3.63) is 39.9 Å². The van der Waals surface area contributed by atoms with Gasteiger partial charge in [0.05, 0.1) is 17.8 Å². The standard InChI is InChI=1S/C14H16N2O5/c17-13(15(11-5-6-11)8-7-14(18)19)9-10-1-3-12(4-2-10)16(20)21/h1-4,11H,5-9H2,(H,18,19). The van der Waals surface area contributed by atoms with Gasteiger partial charge in [-0.1, -0.05) is 12.1 Å². The van der Waals surface area contributed by atoms with Gasteiger partial charge in [-0.2, -0.15) is 0 Å². The number of carbonyl (C=O) groups is 2. The van der Waals surface area contributed by atoms with E-state index in [1.165, 1.54) is 12.1 Å². The van der Waals surface area contributed by atoms with Crippen LogP contribution < -0.4 is 0 Å². The Morgan fingerprint density at radius 2 is 1.90 bits per heavy atom. The van der Waals surface area contributed by atoms with Gasteiger partial charge in [0.25, 0.3) is 5.69 Å². The summed E-state index contributed by atoms with van der Waals surface area (Å²) in [6.45, 7) is 0.214. The number of carboxylic acids is 1. The third-order valence-corrected chi connectivity index (χ3v) is 3.38. The van der Waals surface area contributed by atoms with E-state index < -0.39 is 10.9 Å². The number of nitro benzene ring substituents is 1. The third kappa shape index (κ3) is 4.27. The summed E-state index contributed by atoms with van der Waals surface area (Å²) < 4.78 is 0. The van der Waals surface area contributed by atoms with E-state index in [0.717, 1.165) is 12.8 Å². The van der Waals surface area contributed by atoms with Crippen LogP contribution in [0.4, 0.5) is 5.69 Å². The van der Waals surface area contributed by atoms with E-state index in [4.69, 9.17) is 5.11 Å². The van der Waals surface area contributed by atoms with Crippen molar-refractivity contribution < 1.29 is 19.6 Å². The van der Waals surface area contributed by atoms with Crippen molar-refractivity contribution in [1.29, 1.82) is 0 Å². The smallest absolute Gasteiger partial charge is 0.305 e. The zero-order valence-corrected chi connectivity index (χ0v) is 11.4. The molecule has 1 fully saturated rings. The number of benzene rings is 1. The first-order valence-corrected chi connectivity index (χ1v) is 6.72. The average Bonchev–Trinajstić information content (AvgIpc) is 3.23. The Hall–Kier alpha value is -2.44. The Kier molecular flexibility index (Phi) is 4.52. The van der Waals surface area contributed by atoms with E-state index in [-0.39, 0.29) is 37.0 Å². The van der Waals surface area contributed by atoms with Crippen LogP contribution in [0.25, 0.3) is 0 Å². The number of non-ortho nitro benzene ring substituents is 1. The van der Waals surface area contributed by atoms with Crippen molar-refractivity contribution in [3.63, 3.8) is 0 Å². The summed E-state index contributed by atoms with van der Waals surface area (Å²) in [5, 5.41) is 19.3. The minimum atomic E-state index is -0.927. The molecule has 0 atom stereocenters. The molecule has 1 aliphatic carbocycles. The van der Waals surface area contributed by atoms with Crippen molar-refractivity contribution >= 4 is 17.6 Å². The number of rotatable bonds is 7. The number of hydrogen-bond acceptors (Lipinski definition) is 4. The first-order valence-electron chi connectivity index (χ1n) is 6.72. The first kappa shape index (κ1) is 15.0. The summed E-state index contributed by atoms with van der Waals surface area (Å²) in [6.07, 6.45) is 1.88. The average molecular weight is 292 g/mol. The van der Waals surface area contributed by atoms with Crippen LogP contribution in [0.1, 0.15) is 24.8 Å². The maximum Gasteiger partial charge on any atom is 0.305 e. The van der Waals surface area contributed by atoms with Crippen molar-refractivity contribution in [2.24, 2.45) is 0 Å². The van der Waals surface area contributed by atoms with Gasteiger partial charge in [0.15, 0.2) is 0 Å². The van der Waals surface area contributed by atoms with Crippen molar-refractivity contribution in [3.8, 4) is 0 Å². The topological polar surface area (TPSA) is 101 Å². The first-order chi connectivity index (χ1) is 9.97. The molecule has 0 unspecified atom stereocenters. The highest BCUT2D eigenvalue weighted by atomic mass is 16.6. The summed E-state index contributed by atoms with van der Waals surface area (Å²) in [7, 11) is 0. The molecule has 1 aromatic rings. The van der Waals surface area contributed by atoms with Crippen molar-refractivity contribution in [2.75, 3.05) is 6.54 Å². The van der Waals surface area contributed by atoms with Crippen LogP contribution in [-0.4, -0.2) is 39.4 Å². The lowest BCUT2D eigenvalue weighted by atomic mass is 10.1. The molecule has 112 valence electrons. The number of aliphatic carboxylic acids is 1. The Morgan fingerprint density at radius 3 is 2.38 bits per heavy atom. The molecule has 7 heteroatoms. The highest BCUT2D eigenvalue weighted by Gasteiger charge is 2.32. The second-order valence-corrected chi connectivity index (χ2v) is 5.06. The molecule has 0 aliphatic heterocycles. The maximum atomic E-state index is 12.2. The van der Waals surface area contributed by atoms with Gasteiger partial charge in [-0.05, 0) is 18.4 Å². The highest BCUT2D eigenvalue weighted by molar-refractivity contribution is 5.80. The molecular weight excluding hydrogens is 276 g/mol. The molecule has 2 rings (SSSR count). The van der Waals surface area contributed by atoms with E-state index in [2.05, 4.69) is 0 Å². The van der Waals surface area contributed by atoms with Crippen molar-refractivity contribution in [1.82, 2.24) is 4.90 Å². The van der Waals surface area contributed by atoms with Gasteiger partial charge in [-0.25, -0.2) is 0 Å². The number of nitrogens with zero attached hydrogens (tertiary/aromatic N) is 2. The minimum Gasteiger partial charge on any atom is -0.481 e. The fraction of sp³-hybridized carbons (Fsp3) is 0.429. The molecule has 1 amide bonds. The molecular formula is C14H16N2O5. The molecule has 1 aromatic carbocycles. The second kappa shape index (κ2) is 6.34. The van der Waals surface area contributed by atoms with Crippen LogP contribution in [0.15, 0.2) is 24.3 Å². The zero-order chi connectivity index (χ0) is 15.4. The largest absolute Gasteiger partial charge is 0.481 e. The molecule has 0 aromatic heterocycles. The predicted octanol–water partition coefficient (Wildman–Crippen LogP) is 1.60. The van der Waals surface area contributed by atoms with Crippen molar-refractivity contribution in [2.45, 2.75) is 31.7 Å².